The molecule has 31 heavy (non-hydrogen) atoms. The average Bonchev–Trinajstić information content (AvgIpc) is 2.77. The molecule has 0 atom stereocenters. The number of aromatic nitrogens is 2. The Balaban J connectivity index is 1.47. The lowest BCUT2D eigenvalue weighted by Crippen LogP contribution is -2.42. The van der Waals surface area contributed by atoms with E-state index in [-0.39, 0.29) is 12.1 Å². The van der Waals surface area contributed by atoms with Crippen LogP contribution in [0.4, 0.5) is 4.79 Å². The highest BCUT2D eigenvalue weighted by Gasteiger charge is 2.27. The molecule has 0 N–H and O–H groups in total. The Morgan fingerprint density at radius 1 is 1.03 bits per heavy atom. The number of carbonyl (C=O) groups is 2. The van der Waals surface area contributed by atoms with Crippen molar-refractivity contribution in [3.8, 4) is 17.1 Å². The Morgan fingerprint density at radius 2 is 1.65 bits per heavy atom. The molecule has 8 heteroatoms. The zero-order valence-electron chi connectivity index (χ0n) is 18.5. The molecule has 0 aliphatic carbocycles. The molecule has 8 nitrogen and oxygen atoms in total. The molecule has 0 unspecified atom stereocenters. The molecule has 1 aliphatic heterocycles. The number of hydrogen-bond acceptors (Lipinski definition) is 7. The van der Waals surface area contributed by atoms with Crippen molar-refractivity contribution in [2.75, 3.05) is 26.8 Å². The Labute approximate surface area is 182 Å². The first-order chi connectivity index (χ1) is 14.7. The standard InChI is InChI=1S/C23H29N3O5/c1-23(2,3)31-22(28)26-11-9-16(10-12-26)15-30-21-24-13-19(14-25-21)17-5-7-18(8-6-17)20(27)29-4/h5-8,13-14,16H,9-12,15H2,1-4H3. The number of amides is 1. The molecule has 0 saturated carbocycles. The molecule has 2 heterocycles. The molecule has 1 saturated heterocycles. The third-order valence-corrected chi connectivity index (χ3v) is 4.98. The highest BCUT2D eigenvalue weighted by atomic mass is 16.6. The molecule has 0 spiro atoms. The lowest BCUT2D eigenvalue weighted by molar-refractivity contribution is 0.0163. The molecule has 3 rings (SSSR count). The van der Waals surface area contributed by atoms with Crippen LogP contribution in [0.5, 0.6) is 6.01 Å². The van der Waals surface area contributed by atoms with Crippen LogP contribution in [0, 0.1) is 5.92 Å². The van der Waals surface area contributed by atoms with Gasteiger partial charge < -0.3 is 19.1 Å². The predicted octanol–water partition coefficient (Wildman–Crippen LogP) is 3.96. The van der Waals surface area contributed by atoms with Gasteiger partial charge >= 0.3 is 18.1 Å². The first-order valence-corrected chi connectivity index (χ1v) is 10.4. The summed E-state index contributed by atoms with van der Waals surface area (Å²) in [7, 11) is 1.35. The van der Waals surface area contributed by atoms with E-state index in [1.807, 2.05) is 32.9 Å². The van der Waals surface area contributed by atoms with Crippen LogP contribution in [0.2, 0.25) is 0 Å². The molecule has 1 aromatic heterocycles. The highest BCUT2D eigenvalue weighted by molar-refractivity contribution is 5.89. The fourth-order valence-electron chi connectivity index (χ4n) is 3.26. The van der Waals surface area contributed by atoms with Gasteiger partial charge in [0, 0.05) is 31.0 Å². The van der Waals surface area contributed by atoms with E-state index in [9.17, 15) is 9.59 Å². The van der Waals surface area contributed by atoms with Crippen LogP contribution in [0.3, 0.4) is 0 Å². The largest absolute Gasteiger partial charge is 0.465 e. The molecule has 1 aromatic carbocycles. The van der Waals surface area contributed by atoms with Crippen molar-refractivity contribution >= 4 is 12.1 Å². The van der Waals surface area contributed by atoms with Crippen LogP contribution < -0.4 is 4.74 Å². The monoisotopic (exact) mass is 427 g/mol. The number of methoxy groups -OCH3 is 1. The molecule has 0 radical (unpaired) electrons. The van der Waals surface area contributed by atoms with Crippen molar-refractivity contribution in [2.45, 2.75) is 39.2 Å². The minimum absolute atomic E-state index is 0.259. The molecule has 0 bridgehead atoms. The van der Waals surface area contributed by atoms with Gasteiger partial charge in [0.05, 0.1) is 19.3 Å². The summed E-state index contributed by atoms with van der Waals surface area (Å²) < 4.78 is 15.9. The minimum Gasteiger partial charge on any atom is -0.465 e. The number of carbonyl (C=O) groups excluding carboxylic acids is 2. The van der Waals surface area contributed by atoms with Gasteiger partial charge in [0.2, 0.25) is 0 Å². The third kappa shape index (κ3) is 6.41. The van der Waals surface area contributed by atoms with Gasteiger partial charge in [-0.25, -0.2) is 19.6 Å². The summed E-state index contributed by atoms with van der Waals surface area (Å²) in [6.45, 7) is 7.43. The first-order valence-electron chi connectivity index (χ1n) is 10.4. The topological polar surface area (TPSA) is 90.9 Å². The third-order valence-electron chi connectivity index (χ3n) is 4.98. The summed E-state index contributed by atoms with van der Waals surface area (Å²) in [5.41, 5.74) is 1.73. The summed E-state index contributed by atoms with van der Waals surface area (Å²) in [4.78, 5) is 34.0. The van der Waals surface area contributed by atoms with E-state index in [2.05, 4.69) is 9.97 Å². The molecule has 1 aliphatic rings. The van der Waals surface area contributed by atoms with Crippen LogP contribution in [-0.4, -0.2) is 59.3 Å². The Hall–Kier alpha value is -3.16. The van der Waals surface area contributed by atoms with Gasteiger partial charge in [-0.2, -0.15) is 0 Å². The SMILES string of the molecule is COC(=O)c1ccc(-c2cnc(OCC3CCN(C(=O)OC(C)(C)C)CC3)nc2)cc1. The molecule has 1 fully saturated rings. The highest BCUT2D eigenvalue weighted by Crippen LogP contribution is 2.22. The van der Waals surface area contributed by atoms with Crippen molar-refractivity contribution in [3.63, 3.8) is 0 Å². The first kappa shape index (κ1) is 22.5. The van der Waals surface area contributed by atoms with Gasteiger partial charge in [0.25, 0.3) is 0 Å². The van der Waals surface area contributed by atoms with Crippen LogP contribution in [-0.2, 0) is 9.47 Å². The van der Waals surface area contributed by atoms with Crippen LogP contribution in [0.15, 0.2) is 36.7 Å². The lowest BCUT2D eigenvalue weighted by Gasteiger charge is -2.33. The second-order valence-electron chi connectivity index (χ2n) is 8.55. The number of hydrogen-bond donors (Lipinski definition) is 0. The van der Waals surface area contributed by atoms with Crippen molar-refractivity contribution in [2.24, 2.45) is 5.92 Å². The van der Waals surface area contributed by atoms with Gasteiger partial charge in [-0.3, -0.25) is 0 Å². The van der Waals surface area contributed by atoms with Gasteiger partial charge in [-0.1, -0.05) is 12.1 Å². The Kier molecular flexibility index (Phi) is 7.09. The zero-order chi connectivity index (χ0) is 22.4. The number of ether oxygens (including phenoxy) is 3. The maximum absolute atomic E-state index is 12.1. The molecule has 2 aromatic rings. The number of nitrogens with zero attached hydrogens (tertiary/aromatic N) is 3. The van der Waals surface area contributed by atoms with Crippen LogP contribution in [0.25, 0.3) is 11.1 Å². The van der Waals surface area contributed by atoms with Crippen molar-refractivity contribution in [1.29, 1.82) is 0 Å². The second kappa shape index (κ2) is 9.76. The number of esters is 1. The van der Waals surface area contributed by atoms with Gasteiger partial charge in [0.1, 0.15) is 5.60 Å². The smallest absolute Gasteiger partial charge is 0.410 e. The molecule has 1 amide bonds. The lowest BCUT2D eigenvalue weighted by atomic mass is 9.98. The normalized spacial score (nSPS) is 14.8. The van der Waals surface area contributed by atoms with E-state index in [1.54, 1.807) is 29.4 Å². The fourth-order valence-corrected chi connectivity index (χ4v) is 3.26. The fraction of sp³-hybridized carbons (Fsp3) is 0.478. The zero-order valence-corrected chi connectivity index (χ0v) is 18.5. The van der Waals surface area contributed by atoms with Crippen LogP contribution >= 0.6 is 0 Å². The summed E-state index contributed by atoms with van der Waals surface area (Å²) in [6, 6.07) is 7.38. The van der Waals surface area contributed by atoms with Crippen LogP contribution in [0.1, 0.15) is 44.0 Å². The summed E-state index contributed by atoms with van der Waals surface area (Å²) >= 11 is 0. The summed E-state index contributed by atoms with van der Waals surface area (Å²) in [5, 5.41) is 0. The van der Waals surface area contributed by atoms with E-state index >= 15 is 0 Å². The maximum Gasteiger partial charge on any atom is 0.410 e. The molecular formula is C23H29N3O5. The number of rotatable bonds is 5. The van der Waals surface area contributed by atoms with E-state index in [0.29, 0.717) is 37.2 Å². The van der Waals surface area contributed by atoms with Gasteiger partial charge in [-0.15, -0.1) is 0 Å². The summed E-state index contributed by atoms with van der Waals surface area (Å²) in [5.74, 6) is -0.0312. The van der Waals surface area contributed by atoms with E-state index < -0.39 is 5.60 Å². The van der Waals surface area contributed by atoms with Gasteiger partial charge in [0.15, 0.2) is 0 Å². The van der Waals surface area contributed by atoms with Crippen molar-refractivity contribution < 1.29 is 23.8 Å². The van der Waals surface area contributed by atoms with Crippen molar-refractivity contribution in [1.82, 2.24) is 14.9 Å². The number of piperidine rings is 1. The Morgan fingerprint density at radius 3 is 2.19 bits per heavy atom. The van der Waals surface area contributed by atoms with Gasteiger partial charge in [-0.05, 0) is 57.2 Å². The van der Waals surface area contributed by atoms with E-state index in [4.69, 9.17) is 14.2 Å². The quantitative estimate of drug-likeness (QED) is 0.667. The number of benzene rings is 1. The Bertz CT molecular complexity index is 883. The maximum atomic E-state index is 12.1. The average molecular weight is 428 g/mol. The summed E-state index contributed by atoms with van der Waals surface area (Å²) in [6.07, 6.45) is 4.83. The molecule has 166 valence electrons. The molecular weight excluding hydrogens is 398 g/mol. The minimum atomic E-state index is -0.482. The van der Waals surface area contributed by atoms with Crippen molar-refractivity contribution in [3.05, 3.63) is 42.2 Å². The van der Waals surface area contributed by atoms with E-state index in [0.717, 1.165) is 24.0 Å². The number of likely N-dealkylation sites (tertiary alicyclic amines) is 1. The second-order valence-corrected chi connectivity index (χ2v) is 8.55. The van der Waals surface area contributed by atoms with E-state index in [1.165, 1.54) is 7.11 Å². The predicted molar refractivity (Wildman–Crippen MR) is 115 cm³/mol.